The van der Waals surface area contributed by atoms with Crippen LogP contribution in [0.3, 0.4) is 0 Å². The number of rotatable bonds is 6. The highest BCUT2D eigenvalue weighted by molar-refractivity contribution is 6.08. The molecule has 4 rings (SSSR count). The van der Waals surface area contributed by atoms with Crippen LogP contribution >= 0.6 is 0 Å². The van der Waals surface area contributed by atoms with Crippen molar-refractivity contribution in [1.29, 1.82) is 0 Å². The normalized spacial score (nSPS) is 21.8. The van der Waals surface area contributed by atoms with E-state index in [1.807, 2.05) is 54.4 Å². The first-order valence-corrected chi connectivity index (χ1v) is 9.76. The molecule has 1 spiro atoms. The molecule has 2 aliphatic heterocycles. The number of hydrogen-bond acceptors (Lipinski definition) is 5. The Morgan fingerprint density at radius 1 is 1.17 bits per heavy atom. The Morgan fingerprint density at radius 3 is 2.69 bits per heavy atom. The fourth-order valence-electron chi connectivity index (χ4n) is 4.13. The van der Waals surface area contributed by atoms with Crippen LogP contribution in [-0.2, 0) is 16.9 Å². The minimum atomic E-state index is -1.11. The van der Waals surface area contributed by atoms with Crippen LogP contribution in [0.1, 0.15) is 17.5 Å². The Bertz CT molecular complexity index is 904. The number of urea groups is 1. The number of β-amino-alcohol motifs (C(OH)–C–C–N with tert-alkyl or cyclic N) is 1. The average Bonchev–Trinajstić information content (AvgIpc) is 2.94. The smallest absolute Gasteiger partial charge is 0.325 e. The van der Waals surface area contributed by atoms with Crippen LogP contribution in [0.2, 0.25) is 0 Å². The van der Waals surface area contributed by atoms with Crippen molar-refractivity contribution in [3.8, 4) is 5.75 Å². The van der Waals surface area contributed by atoms with E-state index in [1.54, 1.807) is 12.1 Å². The van der Waals surface area contributed by atoms with E-state index in [-0.39, 0.29) is 12.5 Å². The molecule has 2 aliphatic rings. The first kappa shape index (κ1) is 19.4. The fourth-order valence-corrected chi connectivity index (χ4v) is 4.13. The van der Waals surface area contributed by atoms with Gasteiger partial charge in [0, 0.05) is 25.1 Å². The number of aliphatic hydroxyl groups excluding tert-OH is 1. The summed E-state index contributed by atoms with van der Waals surface area (Å²) in [7, 11) is 1.90. The van der Waals surface area contributed by atoms with E-state index in [4.69, 9.17) is 4.74 Å². The zero-order valence-electron chi connectivity index (χ0n) is 16.4. The van der Waals surface area contributed by atoms with Crippen LogP contribution in [-0.4, -0.2) is 59.7 Å². The number of hydrogen-bond donors (Lipinski definition) is 2. The molecule has 2 aromatic rings. The summed E-state index contributed by atoms with van der Waals surface area (Å²) in [6.45, 7) is 1.32. The summed E-state index contributed by atoms with van der Waals surface area (Å²) >= 11 is 0. The number of fused-ring (bicyclic) bond motifs is 2. The molecule has 0 unspecified atom stereocenters. The van der Waals surface area contributed by atoms with Crippen molar-refractivity contribution in [2.45, 2.75) is 24.6 Å². The molecule has 2 heterocycles. The molecule has 1 fully saturated rings. The van der Waals surface area contributed by atoms with E-state index in [9.17, 15) is 14.7 Å². The molecule has 2 N–H and O–H groups in total. The number of aliphatic hydroxyl groups is 1. The number of imide groups is 1. The minimum Gasteiger partial charge on any atom is -0.493 e. The molecule has 0 aromatic heterocycles. The predicted octanol–water partition coefficient (Wildman–Crippen LogP) is 1.71. The summed E-state index contributed by atoms with van der Waals surface area (Å²) < 4.78 is 5.64. The van der Waals surface area contributed by atoms with E-state index >= 15 is 0 Å². The number of amides is 3. The zero-order valence-corrected chi connectivity index (χ0v) is 16.4. The average molecular weight is 395 g/mol. The van der Waals surface area contributed by atoms with Crippen LogP contribution in [0.4, 0.5) is 4.79 Å². The van der Waals surface area contributed by atoms with Crippen molar-refractivity contribution in [2.75, 3.05) is 26.7 Å². The number of benzene rings is 2. The van der Waals surface area contributed by atoms with E-state index < -0.39 is 17.7 Å². The third kappa shape index (κ3) is 3.71. The second kappa shape index (κ2) is 7.85. The number of nitrogens with one attached hydrogen (secondary N) is 1. The van der Waals surface area contributed by atoms with Gasteiger partial charge in [-0.05, 0) is 18.7 Å². The fraction of sp³-hybridized carbons (Fsp3) is 0.364. The van der Waals surface area contributed by atoms with Gasteiger partial charge in [-0.3, -0.25) is 14.6 Å². The molecular formula is C22H25N3O4. The molecule has 7 heteroatoms. The van der Waals surface area contributed by atoms with Crippen molar-refractivity contribution in [1.82, 2.24) is 15.1 Å². The van der Waals surface area contributed by atoms with Crippen molar-refractivity contribution >= 4 is 11.9 Å². The molecule has 0 bridgehead atoms. The highest BCUT2D eigenvalue weighted by atomic mass is 16.5. The number of carbonyl (C=O) groups excluding carboxylic acids is 2. The third-order valence-electron chi connectivity index (χ3n) is 5.47. The summed E-state index contributed by atoms with van der Waals surface area (Å²) in [5.74, 6) is 0.278. The number of ether oxygens (including phenoxy) is 1. The van der Waals surface area contributed by atoms with Gasteiger partial charge in [-0.25, -0.2) is 4.79 Å². The van der Waals surface area contributed by atoms with Gasteiger partial charge < -0.3 is 15.2 Å². The van der Waals surface area contributed by atoms with Gasteiger partial charge in [0.25, 0.3) is 5.91 Å². The lowest BCUT2D eigenvalue weighted by Crippen LogP contribution is -2.48. The molecule has 152 valence electrons. The van der Waals surface area contributed by atoms with Crippen LogP contribution in [0, 0.1) is 0 Å². The van der Waals surface area contributed by atoms with Gasteiger partial charge >= 0.3 is 6.03 Å². The number of para-hydroxylation sites is 1. The maximum atomic E-state index is 13.2. The first-order chi connectivity index (χ1) is 14.0. The Labute approximate surface area is 169 Å². The SMILES string of the molecule is CN(Cc1ccccc1)C[C@@H](O)CN1C(=O)N[C@@]2(CCOc3ccccc32)C1=O. The van der Waals surface area contributed by atoms with Crippen LogP contribution in [0.25, 0.3) is 0 Å². The topological polar surface area (TPSA) is 82.1 Å². The van der Waals surface area contributed by atoms with E-state index in [2.05, 4.69) is 5.32 Å². The molecule has 7 nitrogen and oxygen atoms in total. The maximum absolute atomic E-state index is 13.2. The van der Waals surface area contributed by atoms with Gasteiger partial charge in [0.15, 0.2) is 5.54 Å². The highest BCUT2D eigenvalue weighted by Crippen LogP contribution is 2.40. The molecule has 29 heavy (non-hydrogen) atoms. The molecule has 0 aliphatic carbocycles. The number of likely N-dealkylation sites (N-methyl/N-ethyl adjacent to an activating group) is 1. The monoisotopic (exact) mass is 395 g/mol. The summed E-state index contributed by atoms with van der Waals surface area (Å²) in [4.78, 5) is 28.9. The van der Waals surface area contributed by atoms with Gasteiger partial charge in [0.1, 0.15) is 5.75 Å². The van der Waals surface area contributed by atoms with Crippen LogP contribution in [0.15, 0.2) is 54.6 Å². The standard InChI is InChI=1S/C22H25N3O4/c1-24(13-16-7-3-2-4-8-16)14-17(26)15-25-20(27)22(23-21(25)28)11-12-29-19-10-6-5-9-18(19)22/h2-10,17,26H,11-15H2,1H3,(H,23,28)/t17-,22-/m1/s1. The molecule has 0 radical (unpaired) electrons. The summed E-state index contributed by atoms with van der Waals surface area (Å²) in [5.41, 5.74) is 0.694. The highest BCUT2D eigenvalue weighted by Gasteiger charge is 2.55. The lowest BCUT2D eigenvalue weighted by Gasteiger charge is -2.33. The largest absolute Gasteiger partial charge is 0.493 e. The molecule has 2 aromatic carbocycles. The lowest BCUT2D eigenvalue weighted by molar-refractivity contribution is -0.133. The Hall–Kier alpha value is -2.90. The third-order valence-corrected chi connectivity index (χ3v) is 5.47. The Morgan fingerprint density at radius 2 is 1.90 bits per heavy atom. The van der Waals surface area contributed by atoms with Gasteiger partial charge in [-0.1, -0.05) is 48.5 Å². The number of carbonyl (C=O) groups is 2. The van der Waals surface area contributed by atoms with E-state index in [1.165, 1.54) is 0 Å². The van der Waals surface area contributed by atoms with Crippen molar-refractivity contribution in [2.24, 2.45) is 0 Å². The zero-order chi connectivity index (χ0) is 20.4. The summed E-state index contributed by atoms with van der Waals surface area (Å²) in [6, 6.07) is 16.7. The van der Waals surface area contributed by atoms with Crippen molar-refractivity contribution in [3.05, 3.63) is 65.7 Å². The van der Waals surface area contributed by atoms with Crippen molar-refractivity contribution < 1.29 is 19.4 Å². The summed E-state index contributed by atoms with van der Waals surface area (Å²) in [5, 5.41) is 13.4. The minimum absolute atomic E-state index is 0.0471. The van der Waals surface area contributed by atoms with E-state index in [0.29, 0.717) is 37.4 Å². The molecule has 2 atom stereocenters. The van der Waals surface area contributed by atoms with Crippen molar-refractivity contribution in [3.63, 3.8) is 0 Å². The second-order valence-electron chi connectivity index (χ2n) is 7.68. The van der Waals surface area contributed by atoms with Gasteiger partial charge in [-0.15, -0.1) is 0 Å². The van der Waals surface area contributed by atoms with Crippen LogP contribution < -0.4 is 10.1 Å². The molecule has 1 saturated heterocycles. The van der Waals surface area contributed by atoms with Gasteiger partial charge in [-0.2, -0.15) is 0 Å². The second-order valence-corrected chi connectivity index (χ2v) is 7.68. The first-order valence-electron chi connectivity index (χ1n) is 9.76. The number of nitrogens with zero attached hydrogens (tertiary/aromatic N) is 2. The lowest BCUT2D eigenvalue weighted by atomic mass is 9.84. The van der Waals surface area contributed by atoms with E-state index in [0.717, 1.165) is 10.5 Å². The van der Waals surface area contributed by atoms with Crippen LogP contribution in [0.5, 0.6) is 5.75 Å². The van der Waals surface area contributed by atoms with Gasteiger partial charge in [0.05, 0.1) is 19.3 Å². The maximum Gasteiger partial charge on any atom is 0.325 e. The van der Waals surface area contributed by atoms with Gasteiger partial charge in [0.2, 0.25) is 0 Å². The summed E-state index contributed by atoms with van der Waals surface area (Å²) in [6.07, 6.45) is -0.474. The molecule has 3 amide bonds. The Kier molecular flexibility index (Phi) is 5.25. The predicted molar refractivity (Wildman–Crippen MR) is 107 cm³/mol. The molecular weight excluding hydrogens is 370 g/mol. The quantitative estimate of drug-likeness (QED) is 0.728. The Balaban J connectivity index is 1.43. The molecule has 0 saturated carbocycles.